The SMILES string of the molecule is Cc1ccc(Cl)cc1NC(=O)C(C)Nc1cccc(CN2CCC(O)CC2)c1. The number of nitrogens with one attached hydrogen (secondary N) is 2. The van der Waals surface area contributed by atoms with Crippen molar-refractivity contribution >= 4 is 28.9 Å². The minimum Gasteiger partial charge on any atom is -0.393 e. The molecule has 28 heavy (non-hydrogen) atoms. The number of piperidine rings is 1. The molecule has 1 atom stereocenters. The average Bonchev–Trinajstić information content (AvgIpc) is 2.67. The Labute approximate surface area is 171 Å². The van der Waals surface area contributed by atoms with E-state index in [0.29, 0.717) is 5.02 Å². The molecule has 1 heterocycles. The van der Waals surface area contributed by atoms with E-state index in [2.05, 4.69) is 27.7 Å². The predicted molar refractivity (Wildman–Crippen MR) is 115 cm³/mol. The number of halogens is 1. The molecule has 0 radical (unpaired) electrons. The summed E-state index contributed by atoms with van der Waals surface area (Å²) in [4.78, 5) is 14.9. The third-order valence-electron chi connectivity index (χ3n) is 5.12. The van der Waals surface area contributed by atoms with Gasteiger partial charge in [0, 0.05) is 36.0 Å². The van der Waals surface area contributed by atoms with E-state index >= 15 is 0 Å². The summed E-state index contributed by atoms with van der Waals surface area (Å²) in [7, 11) is 0. The van der Waals surface area contributed by atoms with Crippen LogP contribution in [0.3, 0.4) is 0 Å². The van der Waals surface area contributed by atoms with Gasteiger partial charge < -0.3 is 15.7 Å². The van der Waals surface area contributed by atoms with E-state index in [0.717, 1.165) is 49.4 Å². The first kappa shape index (κ1) is 20.6. The number of likely N-dealkylation sites (tertiary alicyclic amines) is 1. The molecule has 6 heteroatoms. The number of benzene rings is 2. The molecular formula is C22H28ClN3O2. The fourth-order valence-electron chi connectivity index (χ4n) is 3.38. The summed E-state index contributed by atoms with van der Waals surface area (Å²) in [5.41, 5.74) is 3.81. The lowest BCUT2D eigenvalue weighted by atomic mass is 10.1. The van der Waals surface area contributed by atoms with Crippen molar-refractivity contribution in [3.8, 4) is 0 Å². The van der Waals surface area contributed by atoms with E-state index in [9.17, 15) is 9.90 Å². The van der Waals surface area contributed by atoms with Crippen molar-refractivity contribution in [2.24, 2.45) is 0 Å². The highest BCUT2D eigenvalue weighted by atomic mass is 35.5. The van der Waals surface area contributed by atoms with Crippen LogP contribution in [0.5, 0.6) is 0 Å². The Morgan fingerprint density at radius 1 is 1.25 bits per heavy atom. The van der Waals surface area contributed by atoms with Gasteiger partial charge in [0.2, 0.25) is 5.91 Å². The summed E-state index contributed by atoms with van der Waals surface area (Å²) in [6.07, 6.45) is 1.50. The molecule has 2 aromatic rings. The zero-order valence-corrected chi connectivity index (χ0v) is 17.2. The summed E-state index contributed by atoms with van der Waals surface area (Å²) in [6.45, 7) is 6.46. The predicted octanol–water partition coefficient (Wildman–Crippen LogP) is 4.04. The highest BCUT2D eigenvalue weighted by Crippen LogP contribution is 2.21. The number of amides is 1. The minimum atomic E-state index is -0.390. The van der Waals surface area contributed by atoms with Gasteiger partial charge >= 0.3 is 0 Å². The Balaban J connectivity index is 1.58. The first-order valence-corrected chi connectivity index (χ1v) is 10.1. The molecule has 150 valence electrons. The maximum absolute atomic E-state index is 12.6. The van der Waals surface area contributed by atoms with Crippen LogP contribution in [0.4, 0.5) is 11.4 Å². The third-order valence-corrected chi connectivity index (χ3v) is 5.36. The summed E-state index contributed by atoms with van der Waals surface area (Å²) in [6, 6.07) is 13.2. The summed E-state index contributed by atoms with van der Waals surface area (Å²) >= 11 is 6.03. The van der Waals surface area contributed by atoms with Crippen LogP contribution in [-0.2, 0) is 11.3 Å². The molecule has 1 amide bonds. The maximum Gasteiger partial charge on any atom is 0.246 e. The van der Waals surface area contributed by atoms with Gasteiger partial charge in [0.1, 0.15) is 6.04 Å². The van der Waals surface area contributed by atoms with Crippen molar-refractivity contribution < 1.29 is 9.90 Å². The van der Waals surface area contributed by atoms with Gasteiger partial charge in [0.15, 0.2) is 0 Å². The molecule has 1 aliphatic rings. The maximum atomic E-state index is 12.6. The molecule has 0 bridgehead atoms. The third kappa shape index (κ3) is 5.71. The van der Waals surface area contributed by atoms with E-state index in [1.807, 2.05) is 38.1 Å². The zero-order chi connectivity index (χ0) is 20.1. The molecule has 1 saturated heterocycles. The molecule has 3 rings (SSSR count). The highest BCUT2D eigenvalue weighted by Gasteiger charge is 2.18. The number of carbonyl (C=O) groups excluding carboxylic acids is 1. The van der Waals surface area contributed by atoms with E-state index in [1.54, 1.807) is 6.07 Å². The molecule has 1 fully saturated rings. The van der Waals surface area contributed by atoms with Gasteiger partial charge in [-0.05, 0) is 62.1 Å². The monoisotopic (exact) mass is 401 g/mol. The lowest BCUT2D eigenvalue weighted by molar-refractivity contribution is -0.116. The van der Waals surface area contributed by atoms with Crippen molar-refractivity contribution in [3.63, 3.8) is 0 Å². The summed E-state index contributed by atoms with van der Waals surface area (Å²) < 4.78 is 0. The van der Waals surface area contributed by atoms with Crippen LogP contribution < -0.4 is 10.6 Å². The van der Waals surface area contributed by atoms with E-state index in [4.69, 9.17) is 11.6 Å². The summed E-state index contributed by atoms with van der Waals surface area (Å²) in [5, 5.41) is 16.5. The van der Waals surface area contributed by atoms with Gasteiger partial charge in [0.05, 0.1) is 6.10 Å². The fraction of sp³-hybridized carbons (Fsp3) is 0.409. The van der Waals surface area contributed by atoms with Crippen LogP contribution in [0.2, 0.25) is 5.02 Å². The zero-order valence-electron chi connectivity index (χ0n) is 16.4. The van der Waals surface area contributed by atoms with Gasteiger partial charge in [-0.25, -0.2) is 0 Å². The average molecular weight is 402 g/mol. The van der Waals surface area contributed by atoms with E-state index in [-0.39, 0.29) is 12.0 Å². The van der Waals surface area contributed by atoms with Gasteiger partial charge in [-0.1, -0.05) is 29.8 Å². The van der Waals surface area contributed by atoms with Gasteiger partial charge in [-0.3, -0.25) is 9.69 Å². The van der Waals surface area contributed by atoms with E-state index < -0.39 is 6.04 Å². The number of hydrogen-bond acceptors (Lipinski definition) is 4. The van der Waals surface area contributed by atoms with Crippen LogP contribution in [0, 0.1) is 6.92 Å². The molecule has 1 aliphatic heterocycles. The second-order valence-electron chi connectivity index (χ2n) is 7.52. The summed E-state index contributed by atoms with van der Waals surface area (Å²) in [5.74, 6) is -0.110. The quantitative estimate of drug-likeness (QED) is 0.683. The topological polar surface area (TPSA) is 64.6 Å². The molecule has 0 aliphatic carbocycles. The second kappa shape index (κ2) is 9.41. The molecule has 0 saturated carbocycles. The minimum absolute atomic E-state index is 0.110. The number of rotatable bonds is 6. The van der Waals surface area contributed by atoms with Crippen molar-refractivity contribution in [1.29, 1.82) is 0 Å². The lowest BCUT2D eigenvalue weighted by Crippen LogP contribution is -2.35. The molecule has 0 aromatic heterocycles. The standard InChI is InChI=1S/C22H28ClN3O2/c1-15-6-7-18(23)13-21(15)25-22(28)16(2)24-19-5-3-4-17(12-19)14-26-10-8-20(27)9-11-26/h3-7,12-13,16,20,24,27H,8-11,14H2,1-2H3,(H,25,28). The number of aliphatic hydroxyl groups is 1. The first-order valence-electron chi connectivity index (χ1n) is 9.73. The number of anilines is 2. The van der Waals surface area contributed by atoms with Crippen LogP contribution >= 0.6 is 11.6 Å². The van der Waals surface area contributed by atoms with Gasteiger partial charge in [0.25, 0.3) is 0 Å². The Bertz CT molecular complexity index is 819. The van der Waals surface area contributed by atoms with Crippen LogP contribution in [-0.4, -0.2) is 41.1 Å². The number of aliphatic hydroxyl groups excluding tert-OH is 1. The molecular weight excluding hydrogens is 374 g/mol. The second-order valence-corrected chi connectivity index (χ2v) is 7.96. The number of carbonyl (C=O) groups is 1. The van der Waals surface area contributed by atoms with Crippen molar-refractivity contribution in [3.05, 3.63) is 58.6 Å². The smallest absolute Gasteiger partial charge is 0.246 e. The van der Waals surface area contributed by atoms with Crippen molar-refractivity contribution in [1.82, 2.24) is 4.90 Å². The number of aryl methyl sites for hydroxylation is 1. The molecule has 3 N–H and O–H groups in total. The molecule has 5 nitrogen and oxygen atoms in total. The molecule has 2 aromatic carbocycles. The Hall–Kier alpha value is -2.08. The van der Waals surface area contributed by atoms with E-state index in [1.165, 1.54) is 5.56 Å². The first-order chi connectivity index (χ1) is 13.4. The van der Waals surface area contributed by atoms with Crippen LogP contribution in [0.1, 0.15) is 30.9 Å². The van der Waals surface area contributed by atoms with Crippen molar-refractivity contribution in [2.75, 3.05) is 23.7 Å². The fourth-order valence-corrected chi connectivity index (χ4v) is 3.55. The lowest BCUT2D eigenvalue weighted by Gasteiger charge is -2.29. The van der Waals surface area contributed by atoms with Gasteiger partial charge in [-0.15, -0.1) is 0 Å². The molecule has 0 spiro atoms. The van der Waals surface area contributed by atoms with Crippen LogP contribution in [0.15, 0.2) is 42.5 Å². The Morgan fingerprint density at radius 3 is 2.75 bits per heavy atom. The van der Waals surface area contributed by atoms with Gasteiger partial charge in [-0.2, -0.15) is 0 Å². The number of nitrogens with zero attached hydrogens (tertiary/aromatic N) is 1. The number of hydrogen-bond donors (Lipinski definition) is 3. The van der Waals surface area contributed by atoms with Crippen LogP contribution in [0.25, 0.3) is 0 Å². The Kier molecular flexibility index (Phi) is 6.94. The largest absolute Gasteiger partial charge is 0.393 e. The Morgan fingerprint density at radius 2 is 2.00 bits per heavy atom. The van der Waals surface area contributed by atoms with Crippen molar-refractivity contribution in [2.45, 2.75) is 45.4 Å². The highest BCUT2D eigenvalue weighted by molar-refractivity contribution is 6.31. The molecule has 1 unspecified atom stereocenters. The normalized spacial score (nSPS) is 16.6.